The number of nitrogens with one attached hydrogen (secondary N) is 1. The van der Waals surface area contributed by atoms with Gasteiger partial charge in [0.05, 0.1) is 17.3 Å². The van der Waals surface area contributed by atoms with Crippen LogP contribution in [-0.4, -0.2) is 47.3 Å². The van der Waals surface area contributed by atoms with E-state index in [2.05, 4.69) is 50.9 Å². The summed E-state index contributed by atoms with van der Waals surface area (Å²) in [6.07, 6.45) is 0.823. The van der Waals surface area contributed by atoms with E-state index < -0.39 is 5.54 Å². The van der Waals surface area contributed by atoms with Crippen molar-refractivity contribution in [3.8, 4) is 6.07 Å². The summed E-state index contributed by atoms with van der Waals surface area (Å²) >= 11 is 0. The van der Waals surface area contributed by atoms with E-state index >= 15 is 0 Å². The first-order valence-electron chi connectivity index (χ1n) is 7.63. The van der Waals surface area contributed by atoms with Crippen molar-refractivity contribution in [2.45, 2.75) is 77.7 Å². The fourth-order valence-corrected chi connectivity index (χ4v) is 3.43. The first-order chi connectivity index (χ1) is 9.02. The fourth-order valence-electron chi connectivity index (χ4n) is 3.43. The molecule has 0 aromatic carbocycles. The third kappa shape index (κ3) is 4.73. The summed E-state index contributed by atoms with van der Waals surface area (Å²) in [5, 5.41) is 12.7. The zero-order chi connectivity index (χ0) is 15.6. The first kappa shape index (κ1) is 17.4. The third-order valence-corrected chi connectivity index (χ3v) is 3.86. The van der Waals surface area contributed by atoms with Crippen LogP contribution in [0.1, 0.15) is 54.9 Å². The fraction of sp³-hybridized carbons (Fsp3) is 0.938. The van der Waals surface area contributed by atoms with Gasteiger partial charge in [-0.05, 0) is 54.5 Å². The van der Waals surface area contributed by atoms with Gasteiger partial charge in [0.2, 0.25) is 0 Å². The Morgan fingerprint density at radius 2 is 1.80 bits per heavy atom. The molecule has 1 saturated heterocycles. The molecule has 20 heavy (non-hydrogen) atoms. The van der Waals surface area contributed by atoms with Crippen LogP contribution < -0.4 is 5.32 Å². The Morgan fingerprint density at radius 3 is 2.20 bits per heavy atom. The predicted molar refractivity (Wildman–Crippen MR) is 82.6 cm³/mol. The summed E-state index contributed by atoms with van der Waals surface area (Å²) < 4.78 is 6.12. The standard InChI is InChI=1S/C16H31N3O/c1-8-18-16(7,10-17)9-13(2)19-11-14(3,4)20-15(5,6)12-19/h13,18H,8-9,11-12H2,1-7H3. The van der Waals surface area contributed by atoms with Gasteiger partial charge >= 0.3 is 0 Å². The van der Waals surface area contributed by atoms with Crippen molar-refractivity contribution in [2.24, 2.45) is 0 Å². The number of rotatable bonds is 5. The number of nitrogens with zero attached hydrogens (tertiary/aromatic N) is 2. The van der Waals surface area contributed by atoms with E-state index in [0.717, 1.165) is 26.1 Å². The number of morpholine rings is 1. The predicted octanol–water partition coefficient (Wildman–Crippen LogP) is 2.55. The lowest BCUT2D eigenvalue weighted by Gasteiger charge is -2.49. The maximum Gasteiger partial charge on any atom is 0.105 e. The number of hydrogen-bond donors (Lipinski definition) is 1. The summed E-state index contributed by atoms with van der Waals surface area (Å²) in [5.41, 5.74) is -0.741. The summed E-state index contributed by atoms with van der Waals surface area (Å²) in [6.45, 7) is 17.4. The molecule has 1 aliphatic rings. The van der Waals surface area contributed by atoms with Crippen molar-refractivity contribution in [3.63, 3.8) is 0 Å². The second-order valence-corrected chi connectivity index (χ2v) is 7.55. The first-order valence-corrected chi connectivity index (χ1v) is 7.63. The maximum absolute atomic E-state index is 9.41. The van der Waals surface area contributed by atoms with E-state index in [-0.39, 0.29) is 11.2 Å². The smallest absolute Gasteiger partial charge is 0.105 e. The van der Waals surface area contributed by atoms with Crippen molar-refractivity contribution < 1.29 is 4.74 Å². The minimum absolute atomic E-state index is 0.142. The lowest BCUT2D eigenvalue weighted by molar-refractivity contribution is -0.187. The maximum atomic E-state index is 9.41. The Hall–Kier alpha value is -0.630. The van der Waals surface area contributed by atoms with Crippen molar-refractivity contribution in [2.75, 3.05) is 19.6 Å². The largest absolute Gasteiger partial charge is 0.367 e. The Labute approximate surface area is 124 Å². The molecule has 1 fully saturated rings. The highest BCUT2D eigenvalue weighted by atomic mass is 16.5. The second-order valence-electron chi connectivity index (χ2n) is 7.55. The molecule has 0 bridgehead atoms. The van der Waals surface area contributed by atoms with Crippen LogP contribution in [0.4, 0.5) is 0 Å². The zero-order valence-electron chi connectivity index (χ0n) is 14.2. The van der Waals surface area contributed by atoms with Crippen LogP contribution in [-0.2, 0) is 4.74 Å². The van der Waals surface area contributed by atoms with E-state index in [9.17, 15) is 5.26 Å². The molecule has 0 aliphatic carbocycles. The monoisotopic (exact) mass is 281 g/mol. The van der Waals surface area contributed by atoms with Gasteiger partial charge in [-0.3, -0.25) is 10.2 Å². The van der Waals surface area contributed by atoms with E-state index in [4.69, 9.17) is 4.74 Å². The highest BCUT2D eigenvalue weighted by Gasteiger charge is 2.40. The molecular weight excluding hydrogens is 250 g/mol. The van der Waals surface area contributed by atoms with E-state index in [1.165, 1.54) is 0 Å². The van der Waals surface area contributed by atoms with Gasteiger partial charge < -0.3 is 4.74 Å². The Bertz CT molecular complexity index is 356. The lowest BCUT2D eigenvalue weighted by Crippen LogP contribution is -2.60. The van der Waals surface area contributed by atoms with Gasteiger partial charge in [0.25, 0.3) is 0 Å². The SMILES string of the molecule is CCNC(C)(C#N)CC(C)N1CC(C)(C)OC(C)(C)C1. The molecule has 0 saturated carbocycles. The average Bonchev–Trinajstić information content (AvgIpc) is 2.25. The van der Waals surface area contributed by atoms with Crippen molar-refractivity contribution >= 4 is 0 Å². The zero-order valence-corrected chi connectivity index (χ0v) is 14.2. The van der Waals surface area contributed by atoms with E-state index in [0.29, 0.717) is 6.04 Å². The quantitative estimate of drug-likeness (QED) is 0.841. The molecule has 1 aliphatic heterocycles. The normalized spacial score (nSPS) is 26.5. The molecule has 4 heteroatoms. The minimum atomic E-state index is -0.458. The molecule has 2 atom stereocenters. The van der Waals surface area contributed by atoms with Crippen LogP contribution in [0, 0.1) is 11.3 Å². The molecule has 0 spiro atoms. The van der Waals surface area contributed by atoms with Gasteiger partial charge in [-0.2, -0.15) is 5.26 Å². The van der Waals surface area contributed by atoms with Gasteiger partial charge in [-0.1, -0.05) is 6.92 Å². The number of hydrogen-bond acceptors (Lipinski definition) is 4. The summed E-state index contributed by atoms with van der Waals surface area (Å²) in [6, 6.07) is 2.77. The summed E-state index contributed by atoms with van der Waals surface area (Å²) in [5.74, 6) is 0. The van der Waals surface area contributed by atoms with Crippen LogP contribution in [0.15, 0.2) is 0 Å². The Balaban J connectivity index is 2.76. The molecule has 1 heterocycles. The van der Waals surface area contributed by atoms with Crippen molar-refractivity contribution in [1.29, 1.82) is 5.26 Å². The Kier molecular flexibility index (Phi) is 5.23. The van der Waals surface area contributed by atoms with Crippen molar-refractivity contribution in [3.05, 3.63) is 0 Å². The van der Waals surface area contributed by atoms with Crippen LogP contribution in [0.25, 0.3) is 0 Å². The second kappa shape index (κ2) is 6.01. The molecule has 0 radical (unpaired) electrons. The highest BCUT2D eigenvalue weighted by molar-refractivity contribution is 5.06. The van der Waals surface area contributed by atoms with Crippen LogP contribution in [0.5, 0.6) is 0 Å². The van der Waals surface area contributed by atoms with Gasteiger partial charge in [0.15, 0.2) is 0 Å². The van der Waals surface area contributed by atoms with Crippen molar-refractivity contribution in [1.82, 2.24) is 10.2 Å². The van der Waals surface area contributed by atoms with Gasteiger partial charge in [-0.15, -0.1) is 0 Å². The Morgan fingerprint density at radius 1 is 1.30 bits per heavy atom. The molecule has 4 nitrogen and oxygen atoms in total. The van der Waals surface area contributed by atoms with Crippen LogP contribution >= 0.6 is 0 Å². The molecule has 2 unspecified atom stereocenters. The number of nitriles is 1. The van der Waals surface area contributed by atoms with Crippen LogP contribution in [0.3, 0.4) is 0 Å². The lowest BCUT2D eigenvalue weighted by atomic mass is 9.91. The van der Waals surface area contributed by atoms with Gasteiger partial charge in [0, 0.05) is 19.1 Å². The summed E-state index contributed by atoms with van der Waals surface area (Å²) in [4.78, 5) is 2.45. The molecular formula is C16H31N3O. The van der Waals surface area contributed by atoms with E-state index in [1.807, 2.05) is 13.8 Å². The van der Waals surface area contributed by atoms with E-state index in [1.54, 1.807) is 0 Å². The minimum Gasteiger partial charge on any atom is -0.367 e. The molecule has 1 rings (SSSR count). The molecule has 116 valence electrons. The highest BCUT2D eigenvalue weighted by Crippen LogP contribution is 2.30. The summed E-state index contributed by atoms with van der Waals surface area (Å²) in [7, 11) is 0. The van der Waals surface area contributed by atoms with Crippen LogP contribution in [0.2, 0.25) is 0 Å². The molecule has 0 aromatic heterocycles. The van der Waals surface area contributed by atoms with Gasteiger partial charge in [0.1, 0.15) is 5.54 Å². The molecule has 1 N–H and O–H groups in total. The third-order valence-electron chi connectivity index (χ3n) is 3.86. The molecule has 0 aromatic rings. The average molecular weight is 281 g/mol. The topological polar surface area (TPSA) is 48.3 Å². The number of ether oxygens (including phenoxy) is 1. The molecule has 0 amide bonds. The van der Waals surface area contributed by atoms with Gasteiger partial charge in [-0.25, -0.2) is 0 Å².